The van der Waals surface area contributed by atoms with Crippen molar-refractivity contribution >= 4 is 17.9 Å². The summed E-state index contributed by atoms with van der Waals surface area (Å²) in [5.74, 6) is 0. The van der Waals surface area contributed by atoms with Crippen molar-refractivity contribution in [3.05, 3.63) is 35.4 Å². The second kappa shape index (κ2) is 5.51. The van der Waals surface area contributed by atoms with Gasteiger partial charge in [-0.2, -0.15) is 0 Å². The van der Waals surface area contributed by atoms with Crippen LogP contribution in [0.2, 0.25) is 0 Å². The molecule has 0 heterocycles. The molecule has 0 unspecified atom stereocenters. The first-order chi connectivity index (χ1) is 7.54. The lowest BCUT2D eigenvalue weighted by Crippen LogP contribution is -2.48. The largest absolute Gasteiger partial charge is 0.372 e. The van der Waals surface area contributed by atoms with Crippen LogP contribution in [0.25, 0.3) is 0 Å². The Morgan fingerprint density at radius 1 is 1.19 bits per heavy atom. The molecule has 0 aliphatic rings. The first-order valence-corrected chi connectivity index (χ1v) is 6.14. The quantitative estimate of drug-likeness (QED) is 0.628. The number of aryl methyl sites for hydroxylation is 1. The minimum atomic E-state index is -0.0504. The number of benzene rings is 1. The summed E-state index contributed by atoms with van der Waals surface area (Å²) >= 11 is 4.02. The standard InChI is InChI=1S/C13H19NOS/c1-4-14(5-2,13(15)16)10-12-8-6-11(3)7-9-12/h6-9H,4-5,10H2,1-3H3/p+1. The third-order valence-corrected chi connectivity index (χ3v) is 3.65. The maximum Gasteiger partial charge on any atom is 0.372 e. The average molecular weight is 238 g/mol. The molecule has 3 heteroatoms. The van der Waals surface area contributed by atoms with Gasteiger partial charge in [0, 0.05) is 5.56 Å². The lowest BCUT2D eigenvalue weighted by molar-refractivity contribution is -0.853. The highest BCUT2D eigenvalue weighted by Gasteiger charge is 2.30. The van der Waals surface area contributed by atoms with E-state index in [-0.39, 0.29) is 5.24 Å². The zero-order chi connectivity index (χ0) is 12.2. The Balaban J connectivity index is 2.91. The highest BCUT2D eigenvalue weighted by molar-refractivity contribution is 7.96. The van der Waals surface area contributed by atoms with Crippen LogP contribution < -0.4 is 0 Å². The van der Waals surface area contributed by atoms with E-state index in [4.69, 9.17) is 0 Å². The molecule has 2 nitrogen and oxygen atoms in total. The second-order valence-electron chi connectivity index (χ2n) is 4.20. The summed E-state index contributed by atoms with van der Waals surface area (Å²) in [4.78, 5) is 11.6. The third kappa shape index (κ3) is 2.86. The Morgan fingerprint density at radius 3 is 2.06 bits per heavy atom. The van der Waals surface area contributed by atoms with Gasteiger partial charge in [-0.1, -0.05) is 29.8 Å². The van der Waals surface area contributed by atoms with Crippen molar-refractivity contribution in [2.24, 2.45) is 0 Å². The highest BCUT2D eigenvalue weighted by atomic mass is 32.1. The monoisotopic (exact) mass is 238 g/mol. The van der Waals surface area contributed by atoms with E-state index in [1.807, 2.05) is 13.8 Å². The van der Waals surface area contributed by atoms with Gasteiger partial charge in [-0.15, -0.1) is 0 Å². The van der Waals surface area contributed by atoms with Crippen molar-refractivity contribution in [1.29, 1.82) is 0 Å². The molecule has 0 bridgehead atoms. The van der Waals surface area contributed by atoms with E-state index in [0.717, 1.165) is 19.6 Å². The van der Waals surface area contributed by atoms with Gasteiger partial charge in [0.05, 0.1) is 13.1 Å². The summed E-state index contributed by atoms with van der Waals surface area (Å²) in [7, 11) is 0. The van der Waals surface area contributed by atoms with Crippen molar-refractivity contribution in [3.63, 3.8) is 0 Å². The lowest BCUT2D eigenvalue weighted by atomic mass is 10.1. The van der Waals surface area contributed by atoms with E-state index in [0.29, 0.717) is 4.48 Å². The fourth-order valence-electron chi connectivity index (χ4n) is 1.83. The lowest BCUT2D eigenvalue weighted by Gasteiger charge is -2.32. The number of quaternary nitrogens is 1. The number of rotatable bonds is 4. The van der Waals surface area contributed by atoms with E-state index >= 15 is 0 Å². The van der Waals surface area contributed by atoms with Crippen molar-refractivity contribution in [1.82, 2.24) is 0 Å². The topological polar surface area (TPSA) is 17.1 Å². The summed E-state index contributed by atoms with van der Waals surface area (Å²) in [5, 5.41) is -0.0504. The Morgan fingerprint density at radius 2 is 1.69 bits per heavy atom. The van der Waals surface area contributed by atoms with Gasteiger partial charge in [0.2, 0.25) is 0 Å². The molecule has 0 atom stereocenters. The van der Waals surface area contributed by atoms with Gasteiger partial charge in [0.1, 0.15) is 6.54 Å². The summed E-state index contributed by atoms with van der Waals surface area (Å²) in [5.41, 5.74) is 2.43. The zero-order valence-corrected chi connectivity index (χ0v) is 11.1. The molecular weight excluding hydrogens is 218 g/mol. The molecule has 0 radical (unpaired) electrons. The van der Waals surface area contributed by atoms with Gasteiger partial charge < -0.3 is 0 Å². The smallest absolute Gasteiger partial charge is 0.247 e. The highest BCUT2D eigenvalue weighted by Crippen LogP contribution is 2.18. The molecule has 0 saturated heterocycles. The van der Waals surface area contributed by atoms with Crippen molar-refractivity contribution in [3.8, 4) is 0 Å². The minimum Gasteiger partial charge on any atom is -0.247 e. The molecule has 1 aromatic carbocycles. The van der Waals surface area contributed by atoms with Crippen LogP contribution in [0, 0.1) is 6.92 Å². The molecule has 0 saturated carbocycles. The summed E-state index contributed by atoms with van der Waals surface area (Å²) in [6.45, 7) is 8.43. The Kier molecular flexibility index (Phi) is 4.56. The zero-order valence-electron chi connectivity index (χ0n) is 10.2. The first-order valence-electron chi connectivity index (χ1n) is 5.69. The maximum atomic E-state index is 11.6. The fraction of sp³-hybridized carbons (Fsp3) is 0.462. The normalized spacial score (nSPS) is 11.5. The number of thiol groups is 1. The van der Waals surface area contributed by atoms with Crippen LogP contribution in [-0.4, -0.2) is 22.8 Å². The fourth-order valence-corrected chi connectivity index (χ4v) is 2.18. The number of carbonyl (C=O) groups excluding carboxylic acids is 1. The van der Waals surface area contributed by atoms with E-state index in [1.54, 1.807) is 0 Å². The molecule has 0 spiro atoms. The number of carbonyl (C=O) groups is 1. The van der Waals surface area contributed by atoms with Gasteiger partial charge in [0.25, 0.3) is 0 Å². The molecule has 88 valence electrons. The van der Waals surface area contributed by atoms with Crippen LogP contribution in [0.15, 0.2) is 24.3 Å². The number of hydrogen-bond acceptors (Lipinski definition) is 1. The third-order valence-electron chi connectivity index (χ3n) is 3.22. The van der Waals surface area contributed by atoms with E-state index in [9.17, 15) is 4.79 Å². The first kappa shape index (κ1) is 13.3. The number of amides is 1. The molecule has 0 fully saturated rings. The molecular formula is C13H20NOS+. The predicted octanol–water partition coefficient (Wildman–Crippen LogP) is 3.40. The van der Waals surface area contributed by atoms with Crippen LogP contribution in [0.1, 0.15) is 25.0 Å². The molecule has 0 aliphatic carbocycles. The van der Waals surface area contributed by atoms with Crippen LogP contribution in [0.3, 0.4) is 0 Å². The maximum absolute atomic E-state index is 11.6. The Labute approximate surface area is 103 Å². The molecule has 1 aromatic rings. The van der Waals surface area contributed by atoms with Crippen LogP contribution in [0.4, 0.5) is 4.79 Å². The average Bonchev–Trinajstić information content (AvgIpc) is 2.28. The van der Waals surface area contributed by atoms with Crippen LogP contribution in [-0.2, 0) is 6.54 Å². The van der Waals surface area contributed by atoms with Crippen molar-refractivity contribution < 1.29 is 9.28 Å². The molecule has 16 heavy (non-hydrogen) atoms. The van der Waals surface area contributed by atoms with Gasteiger partial charge in [-0.05, 0) is 33.4 Å². The van der Waals surface area contributed by atoms with Crippen LogP contribution >= 0.6 is 12.6 Å². The van der Waals surface area contributed by atoms with Gasteiger partial charge >= 0.3 is 5.24 Å². The second-order valence-corrected chi connectivity index (χ2v) is 4.59. The summed E-state index contributed by atoms with van der Waals surface area (Å²) in [6, 6.07) is 8.34. The molecule has 1 amide bonds. The Hall–Kier alpha value is -0.800. The molecule has 0 N–H and O–H groups in total. The SMILES string of the molecule is CC[N+](CC)(Cc1ccc(C)cc1)C(=O)S. The predicted molar refractivity (Wildman–Crippen MR) is 70.6 cm³/mol. The molecule has 1 rings (SSSR count). The van der Waals surface area contributed by atoms with E-state index in [2.05, 4.69) is 43.8 Å². The molecule has 0 aromatic heterocycles. The van der Waals surface area contributed by atoms with Gasteiger partial charge in [0.15, 0.2) is 0 Å². The van der Waals surface area contributed by atoms with E-state index < -0.39 is 0 Å². The van der Waals surface area contributed by atoms with Crippen molar-refractivity contribution in [2.45, 2.75) is 27.3 Å². The number of hydrogen-bond donors (Lipinski definition) is 1. The van der Waals surface area contributed by atoms with Gasteiger partial charge in [-0.25, -0.2) is 9.28 Å². The van der Waals surface area contributed by atoms with E-state index in [1.165, 1.54) is 11.1 Å². The van der Waals surface area contributed by atoms with Crippen LogP contribution in [0.5, 0.6) is 0 Å². The summed E-state index contributed by atoms with van der Waals surface area (Å²) in [6.07, 6.45) is 0. The van der Waals surface area contributed by atoms with Gasteiger partial charge in [-0.3, -0.25) is 0 Å². The summed E-state index contributed by atoms with van der Waals surface area (Å²) < 4.78 is 0.409. The van der Waals surface area contributed by atoms with Crippen molar-refractivity contribution in [2.75, 3.05) is 13.1 Å². The Bertz CT molecular complexity index is 355. The minimum absolute atomic E-state index is 0.0504. The molecule has 0 aliphatic heterocycles. The number of nitrogens with zero attached hydrogens (tertiary/aromatic N) is 1.